The zero-order valence-electron chi connectivity index (χ0n) is 18.2. The molecule has 1 heterocycles. The molecule has 0 aliphatic rings. The van der Waals surface area contributed by atoms with E-state index < -0.39 is 0 Å². The van der Waals surface area contributed by atoms with Crippen LogP contribution in [0.5, 0.6) is 0 Å². The summed E-state index contributed by atoms with van der Waals surface area (Å²) in [6, 6.07) is 19.1. The fourth-order valence-electron chi connectivity index (χ4n) is 3.26. The smallest absolute Gasteiger partial charge is 0.191 e. The lowest BCUT2D eigenvalue weighted by atomic mass is 10.1. The number of aromatic nitrogens is 2. The molecule has 0 aliphatic carbocycles. The zero-order chi connectivity index (χ0) is 21.2. The summed E-state index contributed by atoms with van der Waals surface area (Å²) in [7, 11) is 4.17. The maximum atomic E-state index is 4.76. The Morgan fingerprint density at radius 2 is 1.70 bits per heavy atom. The van der Waals surface area contributed by atoms with Crippen LogP contribution in [0.1, 0.15) is 29.2 Å². The molecule has 0 fully saturated rings. The molecular formula is C24H32N6. The highest BCUT2D eigenvalue weighted by Crippen LogP contribution is 2.11. The summed E-state index contributed by atoms with van der Waals surface area (Å²) in [4.78, 5) is 6.93. The molecule has 0 unspecified atom stereocenters. The minimum atomic E-state index is 0.645. The second kappa shape index (κ2) is 11.2. The molecule has 3 aromatic rings. The van der Waals surface area contributed by atoms with Gasteiger partial charge >= 0.3 is 0 Å². The first-order chi connectivity index (χ1) is 14.6. The molecule has 30 heavy (non-hydrogen) atoms. The molecule has 2 aromatic carbocycles. The normalized spacial score (nSPS) is 11.7. The van der Waals surface area contributed by atoms with Gasteiger partial charge in [0.25, 0.3) is 0 Å². The van der Waals surface area contributed by atoms with Crippen molar-refractivity contribution < 1.29 is 0 Å². The SMILES string of the molecule is CCNC(=NCc1ccc(CN(C)C)cc1)NCc1ccccc1Cn1cccn1. The van der Waals surface area contributed by atoms with Crippen molar-refractivity contribution in [2.45, 2.75) is 33.1 Å². The summed E-state index contributed by atoms with van der Waals surface area (Å²) in [5, 5.41) is 11.1. The van der Waals surface area contributed by atoms with Crippen LogP contribution >= 0.6 is 0 Å². The number of benzene rings is 2. The number of aliphatic imine (C=N–C) groups is 1. The van der Waals surface area contributed by atoms with E-state index >= 15 is 0 Å². The Labute approximate surface area is 179 Å². The molecule has 1 aromatic heterocycles. The highest BCUT2D eigenvalue weighted by molar-refractivity contribution is 5.79. The summed E-state index contributed by atoms with van der Waals surface area (Å²) in [6.07, 6.45) is 3.80. The van der Waals surface area contributed by atoms with Crippen molar-refractivity contribution in [3.05, 3.63) is 89.2 Å². The average molecular weight is 405 g/mol. The first-order valence-corrected chi connectivity index (χ1v) is 10.4. The van der Waals surface area contributed by atoms with Gasteiger partial charge in [0.05, 0.1) is 13.1 Å². The summed E-state index contributed by atoms with van der Waals surface area (Å²) < 4.78 is 1.94. The van der Waals surface area contributed by atoms with E-state index in [2.05, 4.69) is 90.2 Å². The van der Waals surface area contributed by atoms with Crippen molar-refractivity contribution in [3.63, 3.8) is 0 Å². The Bertz CT molecular complexity index is 913. The van der Waals surface area contributed by atoms with Gasteiger partial charge in [-0.05, 0) is 49.3 Å². The first-order valence-electron chi connectivity index (χ1n) is 10.4. The van der Waals surface area contributed by atoms with Crippen molar-refractivity contribution in [2.24, 2.45) is 4.99 Å². The summed E-state index contributed by atoms with van der Waals surface area (Å²) in [5.74, 6) is 0.823. The standard InChI is InChI=1S/C24H32N6/c1-4-25-24(26-16-20-10-12-21(13-11-20)18-29(2)3)27-17-22-8-5-6-9-23(22)19-30-15-7-14-28-30/h5-15H,4,16-19H2,1-3H3,(H2,25,26,27). The third kappa shape index (κ3) is 6.74. The van der Waals surface area contributed by atoms with Gasteiger partial charge in [0.1, 0.15) is 0 Å². The molecule has 0 amide bonds. The number of hydrogen-bond acceptors (Lipinski definition) is 3. The van der Waals surface area contributed by atoms with E-state index in [-0.39, 0.29) is 0 Å². The molecular weight excluding hydrogens is 372 g/mol. The Morgan fingerprint density at radius 3 is 2.37 bits per heavy atom. The van der Waals surface area contributed by atoms with Gasteiger partial charge < -0.3 is 15.5 Å². The van der Waals surface area contributed by atoms with Gasteiger partial charge in [-0.1, -0.05) is 48.5 Å². The van der Waals surface area contributed by atoms with Crippen molar-refractivity contribution in [2.75, 3.05) is 20.6 Å². The number of guanidine groups is 1. The highest BCUT2D eigenvalue weighted by atomic mass is 15.3. The number of nitrogens with zero attached hydrogens (tertiary/aromatic N) is 4. The second-order valence-electron chi connectivity index (χ2n) is 7.58. The largest absolute Gasteiger partial charge is 0.357 e. The monoisotopic (exact) mass is 404 g/mol. The second-order valence-corrected chi connectivity index (χ2v) is 7.58. The minimum absolute atomic E-state index is 0.645. The number of hydrogen-bond donors (Lipinski definition) is 2. The van der Waals surface area contributed by atoms with E-state index in [0.717, 1.165) is 25.6 Å². The van der Waals surface area contributed by atoms with Crippen molar-refractivity contribution >= 4 is 5.96 Å². The van der Waals surface area contributed by atoms with Crippen LogP contribution in [0.3, 0.4) is 0 Å². The predicted octanol–water partition coefficient (Wildman–Crippen LogP) is 3.25. The van der Waals surface area contributed by atoms with E-state index in [1.807, 2.05) is 23.1 Å². The Hall–Kier alpha value is -3.12. The number of rotatable bonds is 9. The van der Waals surface area contributed by atoms with E-state index in [1.54, 1.807) is 0 Å². The van der Waals surface area contributed by atoms with Crippen LogP contribution in [0, 0.1) is 0 Å². The summed E-state index contributed by atoms with van der Waals surface area (Å²) >= 11 is 0. The van der Waals surface area contributed by atoms with Gasteiger partial charge in [-0.15, -0.1) is 0 Å². The summed E-state index contributed by atoms with van der Waals surface area (Å²) in [6.45, 7) is 5.97. The van der Waals surface area contributed by atoms with Gasteiger partial charge in [-0.3, -0.25) is 4.68 Å². The van der Waals surface area contributed by atoms with E-state index in [4.69, 9.17) is 4.99 Å². The van der Waals surface area contributed by atoms with Crippen molar-refractivity contribution in [1.82, 2.24) is 25.3 Å². The van der Waals surface area contributed by atoms with Crippen molar-refractivity contribution in [3.8, 4) is 0 Å². The molecule has 2 N–H and O–H groups in total. The van der Waals surface area contributed by atoms with Gasteiger partial charge in [0.2, 0.25) is 0 Å². The zero-order valence-corrected chi connectivity index (χ0v) is 18.2. The van der Waals surface area contributed by atoms with Gasteiger partial charge in [0, 0.05) is 32.0 Å². The fourth-order valence-corrected chi connectivity index (χ4v) is 3.26. The highest BCUT2D eigenvalue weighted by Gasteiger charge is 2.05. The molecule has 6 nitrogen and oxygen atoms in total. The fraction of sp³-hybridized carbons (Fsp3) is 0.333. The van der Waals surface area contributed by atoms with E-state index in [0.29, 0.717) is 13.1 Å². The predicted molar refractivity (Wildman–Crippen MR) is 123 cm³/mol. The van der Waals surface area contributed by atoms with Crippen molar-refractivity contribution in [1.29, 1.82) is 0 Å². The lowest BCUT2D eigenvalue weighted by molar-refractivity contribution is 0.402. The average Bonchev–Trinajstić information content (AvgIpc) is 3.25. The lowest BCUT2D eigenvalue weighted by Gasteiger charge is -2.14. The molecule has 0 saturated carbocycles. The van der Waals surface area contributed by atoms with Crippen LogP contribution in [0.15, 0.2) is 72.0 Å². The van der Waals surface area contributed by atoms with Crippen LogP contribution in [0.2, 0.25) is 0 Å². The number of nitrogens with one attached hydrogen (secondary N) is 2. The maximum absolute atomic E-state index is 4.76. The van der Waals surface area contributed by atoms with E-state index in [1.165, 1.54) is 22.3 Å². The molecule has 0 radical (unpaired) electrons. The molecule has 3 rings (SSSR count). The van der Waals surface area contributed by atoms with Gasteiger partial charge in [-0.25, -0.2) is 4.99 Å². The first kappa shape index (κ1) is 21.6. The van der Waals surface area contributed by atoms with Gasteiger partial charge in [0.15, 0.2) is 5.96 Å². The molecule has 0 aliphatic heterocycles. The van der Waals surface area contributed by atoms with Gasteiger partial charge in [-0.2, -0.15) is 5.10 Å². The van der Waals surface area contributed by atoms with Crippen LogP contribution in [0.25, 0.3) is 0 Å². The molecule has 0 atom stereocenters. The molecule has 0 bridgehead atoms. The Kier molecular flexibility index (Phi) is 8.03. The van der Waals surface area contributed by atoms with Crippen LogP contribution in [-0.4, -0.2) is 41.3 Å². The van der Waals surface area contributed by atoms with E-state index in [9.17, 15) is 0 Å². The van der Waals surface area contributed by atoms with Crippen LogP contribution < -0.4 is 10.6 Å². The Morgan fingerprint density at radius 1 is 0.967 bits per heavy atom. The molecule has 0 saturated heterocycles. The van der Waals surface area contributed by atoms with Crippen LogP contribution in [0.4, 0.5) is 0 Å². The molecule has 6 heteroatoms. The molecule has 158 valence electrons. The molecule has 0 spiro atoms. The lowest BCUT2D eigenvalue weighted by Crippen LogP contribution is -2.37. The Balaban J connectivity index is 1.62. The maximum Gasteiger partial charge on any atom is 0.191 e. The quantitative estimate of drug-likeness (QED) is 0.425. The summed E-state index contributed by atoms with van der Waals surface area (Å²) in [5.41, 5.74) is 5.01. The third-order valence-electron chi connectivity index (χ3n) is 4.74. The minimum Gasteiger partial charge on any atom is -0.357 e. The topological polar surface area (TPSA) is 57.5 Å². The third-order valence-corrected chi connectivity index (χ3v) is 4.74. The van der Waals surface area contributed by atoms with Crippen LogP contribution in [-0.2, 0) is 26.2 Å².